The first-order valence-electron chi connectivity index (χ1n) is 11.2. The minimum absolute atomic E-state index is 0.146. The molecule has 1 aliphatic rings. The zero-order valence-electron chi connectivity index (χ0n) is 20.2. The van der Waals surface area contributed by atoms with Gasteiger partial charge in [0.1, 0.15) is 11.6 Å². The van der Waals surface area contributed by atoms with Crippen LogP contribution in [0, 0.1) is 6.92 Å². The molecular weight excluding hydrogens is 440 g/mol. The maximum absolute atomic E-state index is 12.9. The molecule has 0 aliphatic carbocycles. The molecule has 2 aromatic rings. The molecule has 3 rings (SSSR count). The molecule has 1 fully saturated rings. The number of rotatable bonds is 7. The van der Waals surface area contributed by atoms with Gasteiger partial charge in [0.15, 0.2) is 0 Å². The number of piperazine rings is 1. The van der Waals surface area contributed by atoms with E-state index in [4.69, 9.17) is 4.98 Å². The van der Waals surface area contributed by atoms with Crippen molar-refractivity contribution in [2.24, 2.45) is 0 Å². The summed E-state index contributed by atoms with van der Waals surface area (Å²) >= 11 is 0. The van der Waals surface area contributed by atoms with Crippen LogP contribution in [0.1, 0.15) is 38.2 Å². The van der Waals surface area contributed by atoms with Crippen molar-refractivity contribution in [3.05, 3.63) is 41.9 Å². The summed E-state index contributed by atoms with van der Waals surface area (Å²) in [7, 11) is -0.603. The Hall–Kier alpha value is -2.56. The molecule has 33 heavy (non-hydrogen) atoms. The van der Waals surface area contributed by atoms with Gasteiger partial charge in [-0.2, -0.15) is 0 Å². The lowest BCUT2D eigenvalue weighted by atomic mass is 10.2. The van der Waals surface area contributed by atoms with E-state index < -0.39 is 10.0 Å². The number of hydrogen-bond donors (Lipinski definition) is 1. The van der Waals surface area contributed by atoms with Gasteiger partial charge in [0.05, 0.1) is 10.9 Å². The highest BCUT2D eigenvalue weighted by molar-refractivity contribution is 7.89. The lowest BCUT2D eigenvalue weighted by Gasteiger charge is -2.38. The molecule has 1 aromatic heterocycles. The second-order valence-corrected chi connectivity index (χ2v) is 11.0. The Balaban J connectivity index is 1.62. The maximum Gasteiger partial charge on any atom is 0.242 e. The molecule has 1 amide bonds. The van der Waals surface area contributed by atoms with Crippen LogP contribution in [0.4, 0.5) is 11.5 Å². The van der Waals surface area contributed by atoms with Crippen molar-refractivity contribution < 1.29 is 13.2 Å². The summed E-state index contributed by atoms with van der Waals surface area (Å²) in [5, 5.41) is 2.86. The first-order valence-corrected chi connectivity index (χ1v) is 12.6. The number of carbonyl (C=O) groups is 1. The molecule has 2 heterocycles. The molecule has 1 saturated heterocycles. The van der Waals surface area contributed by atoms with Gasteiger partial charge in [0.2, 0.25) is 15.9 Å². The average Bonchev–Trinajstić information content (AvgIpc) is 2.78. The Kier molecular flexibility index (Phi) is 7.71. The zero-order chi connectivity index (χ0) is 24.3. The predicted molar refractivity (Wildman–Crippen MR) is 130 cm³/mol. The van der Waals surface area contributed by atoms with E-state index in [1.807, 2.05) is 19.9 Å². The van der Waals surface area contributed by atoms with Gasteiger partial charge in [-0.15, -0.1) is 0 Å². The topological polar surface area (TPSA) is 98.7 Å². The Morgan fingerprint density at radius 2 is 1.73 bits per heavy atom. The molecule has 0 radical (unpaired) electrons. The minimum Gasteiger partial charge on any atom is -0.354 e. The molecule has 0 bridgehead atoms. The Bertz CT molecular complexity index is 1100. The van der Waals surface area contributed by atoms with E-state index >= 15 is 0 Å². The lowest BCUT2D eigenvalue weighted by Crippen LogP contribution is -2.53. The van der Waals surface area contributed by atoms with Crippen molar-refractivity contribution in [1.82, 2.24) is 19.2 Å². The number of aromatic nitrogens is 2. The SMILES string of the molecule is Cc1cc(N2CCN([C@@H](C)C(=O)Nc3cccc(S(=O)(=O)N(C)C)c3)CC2)nc(C(C)C)n1. The van der Waals surface area contributed by atoms with Crippen molar-refractivity contribution in [3.63, 3.8) is 0 Å². The highest BCUT2D eigenvalue weighted by Crippen LogP contribution is 2.21. The van der Waals surface area contributed by atoms with E-state index in [1.54, 1.807) is 12.1 Å². The van der Waals surface area contributed by atoms with Gasteiger partial charge in [-0.25, -0.2) is 22.7 Å². The molecule has 0 saturated carbocycles. The molecular formula is C23H34N6O3S. The second kappa shape index (κ2) is 10.1. The van der Waals surface area contributed by atoms with Crippen molar-refractivity contribution in [1.29, 1.82) is 0 Å². The van der Waals surface area contributed by atoms with Gasteiger partial charge in [-0.1, -0.05) is 19.9 Å². The summed E-state index contributed by atoms with van der Waals surface area (Å²) in [6.07, 6.45) is 0. The summed E-state index contributed by atoms with van der Waals surface area (Å²) in [4.78, 5) is 26.6. The largest absolute Gasteiger partial charge is 0.354 e. The fraction of sp³-hybridized carbons (Fsp3) is 0.522. The third-order valence-corrected chi connectivity index (χ3v) is 7.63. The smallest absolute Gasteiger partial charge is 0.242 e. The normalized spacial score (nSPS) is 16.3. The first-order chi connectivity index (χ1) is 15.5. The summed E-state index contributed by atoms with van der Waals surface area (Å²) < 4.78 is 25.9. The van der Waals surface area contributed by atoms with Crippen LogP contribution < -0.4 is 10.2 Å². The van der Waals surface area contributed by atoms with Crippen molar-refractivity contribution in [3.8, 4) is 0 Å². The number of anilines is 2. The van der Waals surface area contributed by atoms with Crippen LogP contribution in [-0.4, -0.2) is 79.8 Å². The third-order valence-electron chi connectivity index (χ3n) is 5.82. The van der Waals surface area contributed by atoms with Gasteiger partial charge in [-0.05, 0) is 32.0 Å². The maximum atomic E-state index is 12.9. The van der Waals surface area contributed by atoms with Crippen molar-refractivity contribution in [2.75, 3.05) is 50.5 Å². The number of aryl methyl sites for hydroxylation is 1. The fourth-order valence-corrected chi connectivity index (χ4v) is 4.64. The lowest BCUT2D eigenvalue weighted by molar-refractivity contribution is -0.120. The first kappa shape index (κ1) is 25.1. The van der Waals surface area contributed by atoms with Crippen LogP contribution in [0.2, 0.25) is 0 Å². The highest BCUT2D eigenvalue weighted by atomic mass is 32.2. The van der Waals surface area contributed by atoms with Crippen molar-refractivity contribution in [2.45, 2.75) is 44.6 Å². The molecule has 9 nitrogen and oxygen atoms in total. The van der Waals surface area contributed by atoms with Crippen LogP contribution in [0.5, 0.6) is 0 Å². The molecule has 1 atom stereocenters. The van der Waals surface area contributed by atoms with Gasteiger partial charge >= 0.3 is 0 Å². The summed E-state index contributed by atoms with van der Waals surface area (Å²) in [5.41, 5.74) is 1.42. The molecule has 1 N–H and O–H groups in total. The molecule has 0 unspecified atom stereocenters. The van der Waals surface area contributed by atoms with E-state index in [2.05, 4.69) is 33.9 Å². The Morgan fingerprint density at radius 1 is 1.06 bits per heavy atom. The molecule has 180 valence electrons. The van der Waals surface area contributed by atoms with E-state index in [0.29, 0.717) is 5.69 Å². The zero-order valence-corrected chi connectivity index (χ0v) is 21.1. The molecule has 1 aromatic carbocycles. The fourth-order valence-electron chi connectivity index (χ4n) is 3.69. The van der Waals surface area contributed by atoms with Crippen molar-refractivity contribution >= 4 is 27.4 Å². The van der Waals surface area contributed by atoms with Crippen LogP contribution in [0.3, 0.4) is 0 Å². The number of hydrogen-bond acceptors (Lipinski definition) is 7. The van der Waals surface area contributed by atoms with E-state index in [9.17, 15) is 13.2 Å². The van der Waals surface area contributed by atoms with Gasteiger partial charge in [-0.3, -0.25) is 9.69 Å². The Labute approximate surface area is 196 Å². The van der Waals surface area contributed by atoms with Gasteiger partial charge in [0, 0.05) is 63.6 Å². The van der Waals surface area contributed by atoms with Crippen LogP contribution in [0.15, 0.2) is 35.2 Å². The highest BCUT2D eigenvalue weighted by Gasteiger charge is 2.27. The summed E-state index contributed by atoms with van der Waals surface area (Å²) in [6, 6.07) is 7.99. The molecule has 10 heteroatoms. The van der Waals surface area contributed by atoms with E-state index in [0.717, 1.165) is 47.8 Å². The number of amides is 1. The number of nitrogens with zero attached hydrogens (tertiary/aromatic N) is 5. The number of benzene rings is 1. The quantitative estimate of drug-likeness (QED) is 0.657. The predicted octanol–water partition coefficient (Wildman–Crippen LogP) is 2.31. The molecule has 1 aliphatic heterocycles. The van der Waals surface area contributed by atoms with Crippen LogP contribution >= 0.6 is 0 Å². The summed E-state index contributed by atoms with van der Waals surface area (Å²) in [6.45, 7) is 11.0. The van der Waals surface area contributed by atoms with Crippen LogP contribution in [-0.2, 0) is 14.8 Å². The van der Waals surface area contributed by atoms with E-state index in [1.165, 1.54) is 26.2 Å². The van der Waals surface area contributed by atoms with Gasteiger partial charge in [0.25, 0.3) is 0 Å². The van der Waals surface area contributed by atoms with Crippen LogP contribution in [0.25, 0.3) is 0 Å². The van der Waals surface area contributed by atoms with E-state index in [-0.39, 0.29) is 22.8 Å². The number of carbonyl (C=O) groups excluding carboxylic acids is 1. The standard InChI is InChI=1S/C23H34N6O3S/c1-16(2)22-24-17(3)14-21(26-22)29-12-10-28(11-13-29)18(4)23(30)25-19-8-7-9-20(15-19)33(31,32)27(5)6/h7-9,14-16,18H,10-13H2,1-6H3,(H,25,30)/t18-/m0/s1. The minimum atomic E-state index is -3.56. The Morgan fingerprint density at radius 3 is 2.33 bits per heavy atom. The molecule has 0 spiro atoms. The number of sulfonamides is 1. The number of nitrogens with one attached hydrogen (secondary N) is 1. The third kappa shape index (κ3) is 5.87. The van der Waals surface area contributed by atoms with Gasteiger partial charge < -0.3 is 10.2 Å². The second-order valence-electron chi connectivity index (χ2n) is 8.88. The average molecular weight is 475 g/mol. The summed E-state index contributed by atoms with van der Waals surface area (Å²) in [5.74, 6) is 1.88. The monoisotopic (exact) mass is 474 g/mol.